The first-order chi connectivity index (χ1) is 25.2. The van der Waals surface area contributed by atoms with E-state index in [0.29, 0.717) is 0 Å². The Hall–Kier alpha value is -3.13. The predicted octanol–water partition coefficient (Wildman–Crippen LogP) is 12.9. The molecule has 0 spiro atoms. The number of rotatable bonds is 8. The molecule has 3 aliphatic rings. The van der Waals surface area contributed by atoms with Crippen LogP contribution < -0.4 is 0 Å². The van der Waals surface area contributed by atoms with Crippen molar-refractivity contribution in [2.75, 3.05) is 39.6 Å². The molecule has 5 aromatic carbocycles. The molecule has 52 heavy (non-hydrogen) atoms. The number of ether oxygens (including phenoxy) is 3. The first-order valence-electron chi connectivity index (χ1n) is 19.5. The van der Waals surface area contributed by atoms with E-state index in [4.69, 9.17) is 24.8 Å². The molecule has 6 heteroatoms. The molecule has 0 saturated carbocycles. The van der Waals surface area contributed by atoms with Crippen molar-refractivity contribution >= 4 is 67.3 Å². The van der Waals surface area contributed by atoms with Crippen LogP contribution in [0.3, 0.4) is 0 Å². The maximum absolute atomic E-state index is 5.47. The van der Waals surface area contributed by atoms with E-state index in [1.54, 1.807) is 0 Å². The maximum Gasteiger partial charge on any atom is 2.00 e. The zero-order valence-corrected chi connectivity index (χ0v) is 33.6. The predicted molar refractivity (Wildman–Crippen MR) is 223 cm³/mol. The average Bonchev–Trinajstić information content (AvgIpc) is 4.04. The van der Waals surface area contributed by atoms with Crippen LogP contribution in [0.25, 0.3) is 32.2 Å². The minimum absolute atomic E-state index is 0. The van der Waals surface area contributed by atoms with Crippen LogP contribution in [0.1, 0.15) is 88.5 Å². The van der Waals surface area contributed by atoms with Gasteiger partial charge in [0, 0.05) is 39.6 Å². The van der Waals surface area contributed by atoms with Crippen LogP contribution in [-0.4, -0.2) is 62.7 Å². The molecule has 0 unspecified atom stereocenters. The smallest absolute Gasteiger partial charge is 0.658 e. The van der Waals surface area contributed by atoms with E-state index >= 15 is 0 Å². The van der Waals surface area contributed by atoms with Crippen molar-refractivity contribution in [1.82, 2.24) is 0 Å². The van der Waals surface area contributed by atoms with Gasteiger partial charge in [-0.3, -0.25) is 0 Å². The summed E-state index contributed by atoms with van der Waals surface area (Å²) in [7, 11) is 0. The summed E-state index contributed by atoms with van der Waals surface area (Å²) in [6.07, 6.45) is 11.5. The molecule has 0 atom stereocenters. The Morgan fingerprint density at radius 2 is 0.635 bits per heavy atom. The summed E-state index contributed by atoms with van der Waals surface area (Å²) < 4.78 is 14.8. The van der Waals surface area contributed by atoms with Crippen molar-refractivity contribution in [2.24, 2.45) is 0 Å². The summed E-state index contributed by atoms with van der Waals surface area (Å²) in [6.45, 7) is 14.8. The van der Waals surface area contributed by atoms with Gasteiger partial charge in [-0.1, -0.05) is 135 Å². The van der Waals surface area contributed by atoms with Gasteiger partial charge in [0.05, 0.1) is 0 Å². The van der Waals surface area contributed by atoms with Gasteiger partial charge in [0.2, 0.25) is 0 Å². The number of hydrogen-bond donors (Lipinski definition) is 0. The summed E-state index contributed by atoms with van der Waals surface area (Å²) in [5, 5.41) is 15.7. The molecule has 8 rings (SSSR count). The van der Waals surface area contributed by atoms with Crippen molar-refractivity contribution in [3.63, 3.8) is 0 Å². The Morgan fingerprint density at radius 3 is 0.865 bits per heavy atom. The summed E-state index contributed by atoms with van der Waals surface area (Å²) in [5.74, 6) is 0. The molecule has 3 saturated heterocycles. The third-order valence-electron chi connectivity index (χ3n) is 9.74. The van der Waals surface area contributed by atoms with E-state index in [1.165, 1.54) is 71.6 Å². The third kappa shape index (κ3) is 11.2. The first kappa shape index (κ1) is 41.6. The topological polar surface area (TPSA) is 55.9 Å². The molecular weight excluding hydrogens is 653 g/mol. The van der Waals surface area contributed by atoms with Gasteiger partial charge in [-0.15, -0.1) is 22.7 Å². The fraction of sp³-hybridized carbons (Fsp3) is 0.435. The molecule has 0 N–H and O–H groups in total. The monoisotopic (exact) mass is 710 g/mol. The molecule has 272 valence electrons. The third-order valence-corrected chi connectivity index (χ3v) is 9.74. The van der Waals surface area contributed by atoms with Crippen molar-refractivity contribution in [1.29, 1.82) is 0 Å². The van der Waals surface area contributed by atoms with Crippen LogP contribution in [0.2, 0.25) is 0 Å². The number of hydrogen-bond acceptors (Lipinski definition) is 3. The second-order valence-electron chi connectivity index (χ2n) is 13.2. The van der Waals surface area contributed by atoms with Gasteiger partial charge < -0.3 is 24.8 Å². The number of fused-ring (bicyclic) bond motifs is 3. The first-order valence-corrected chi connectivity index (χ1v) is 19.5. The van der Waals surface area contributed by atoms with E-state index in [9.17, 15) is 0 Å². The average molecular weight is 711 g/mol. The number of nitrogens with zero attached hydrogens (tertiary/aromatic N) is 2. The van der Waals surface area contributed by atoms with Crippen LogP contribution >= 0.6 is 0 Å². The molecule has 3 aliphatic heterocycles. The quantitative estimate of drug-likeness (QED) is 0.119. The van der Waals surface area contributed by atoms with Gasteiger partial charge >= 0.3 is 23.1 Å². The summed E-state index contributed by atoms with van der Waals surface area (Å²) in [6, 6.07) is 30.4. The number of benzene rings is 5. The Balaban J connectivity index is 0.000000310. The van der Waals surface area contributed by atoms with E-state index < -0.39 is 0 Å². The van der Waals surface area contributed by atoms with Gasteiger partial charge in [0.15, 0.2) is 0 Å². The van der Waals surface area contributed by atoms with Crippen molar-refractivity contribution in [3.05, 3.63) is 118 Å². The second-order valence-corrected chi connectivity index (χ2v) is 13.2. The van der Waals surface area contributed by atoms with E-state index in [-0.39, 0.29) is 23.1 Å². The number of aryl methyl sites for hydroxylation is 4. The van der Waals surface area contributed by atoms with Crippen molar-refractivity contribution in [2.45, 2.75) is 91.9 Å². The van der Waals surface area contributed by atoms with Gasteiger partial charge in [-0.05, 0) is 85.8 Å². The van der Waals surface area contributed by atoms with Crippen LogP contribution in [0.4, 0.5) is 22.7 Å². The Morgan fingerprint density at radius 1 is 0.365 bits per heavy atom. The molecule has 0 radical (unpaired) electrons. The maximum atomic E-state index is 5.47. The SMILES string of the molecule is C1CCOC1.C1CCOC1.C1CCOC1.CCc1cccc(CC)c1[N-]c1c([N-]c2c(CC)cccc2CC)c2ccccc2c2ccccc12.[Mg+2]. The molecule has 3 heterocycles. The number of para-hydroxylation sites is 2. The molecule has 0 amide bonds. The summed E-state index contributed by atoms with van der Waals surface area (Å²) in [5.41, 5.74) is 9.24. The van der Waals surface area contributed by atoms with Crippen molar-refractivity contribution < 1.29 is 14.2 Å². The molecule has 0 bridgehead atoms. The fourth-order valence-electron chi connectivity index (χ4n) is 6.80. The van der Waals surface area contributed by atoms with E-state index in [1.807, 2.05) is 0 Å². The molecule has 5 nitrogen and oxygen atoms in total. The molecule has 0 aromatic heterocycles. The van der Waals surface area contributed by atoms with Gasteiger partial charge in [-0.2, -0.15) is 0 Å². The van der Waals surface area contributed by atoms with Crippen LogP contribution in [0.15, 0.2) is 84.9 Å². The van der Waals surface area contributed by atoms with Crippen LogP contribution in [0, 0.1) is 0 Å². The Labute approximate surface area is 329 Å². The van der Waals surface area contributed by atoms with E-state index in [2.05, 4.69) is 113 Å². The standard InChI is InChI=1S/C34H34N2.3C4H8O.Mg/c1-5-23-15-13-16-24(6-2)31(23)35-33-29-21-11-9-19-27(29)28-20-10-12-22-30(28)34(33)36-32-25(7-3)17-14-18-26(32)8-4;3*1-2-4-5-3-1;/h9-22H,5-8H2,1-4H3;3*1-4H2;/q-2;;;;+2. The summed E-state index contributed by atoms with van der Waals surface area (Å²) >= 11 is 0. The normalized spacial score (nSPS) is 14.7. The van der Waals surface area contributed by atoms with Gasteiger partial charge in [-0.25, -0.2) is 0 Å². The fourth-order valence-corrected chi connectivity index (χ4v) is 6.80. The zero-order chi connectivity index (χ0) is 35.7. The van der Waals surface area contributed by atoms with Crippen LogP contribution in [0.5, 0.6) is 0 Å². The minimum atomic E-state index is 0. The molecular formula is C46H58MgN2O3. The van der Waals surface area contributed by atoms with Crippen LogP contribution in [-0.2, 0) is 39.9 Å². The Bertz CT molecular complexity index is 1590. The molecule has 3 fully saturated rings. The van der Waals surface area contributed by atoms with Gasteiger partial charge in [0.1, 0.15) is 0 Å². The largest absolute Gasteiger partial charge is 2.00 e. The van der Waals surface area contributed by atoms with E-state index in [0.717, 1.165) is 98.8 Å². The molecule has 5 aromatic rings. The molecule has 0 aliphatic carbocycles. The van der Waals surface area contributed by atoms with Crippen molar-refractivity contribution in [3.8, 4) is 0 Å². The Kier molecular flexibility index (Phi) is 18.3. The minimum Gasteiger partial charge on any atom is -0.658 e. The van der Waals surface area contributed by atoms with Gasteiger partial charge in [0.25, 0.3) is 0 Å². The second kappa shape index (κ2) is 22.8. The summed E-state index contributed by atoms with van der Waals surface area (Å²) in [4.78, 5) is 0. The zero-order valence-electron chi connectivity index (χ0n) is 32.2.